The Balaban J connectivity index is 1.77. The van der Waals surface area contributed by atoms with Gasteiger partial charge in [0.1, 0.15) is 16.7 Å². The molecule has 0 bridgehead atoms. The van der Waals surface area contributed by atoms with E-state index < -0.39 is 32.6 Å². The third-order valence-electron chi connectivity index (χ3n) is 6.55. The van der Waals surface area contributed by atoms with E-state index in [0.717, 1.165) is 24.9 Å². The first-order valence-electron chi connectivity index (χ1n) is 12.3. The summed E-state index contributed by atoms with van der Waals surface area (Å²) in [6.45, 7) is 4.90. The van der Waals surface area contributed by atoms with Crippen LogP contribution < -0.4 is 0 Å². The molecular formula is C27H37FN2O5S. The minimum absolute atomic E-state index is 0.0292. The third-order valence-corrected chi connectivity index (χ3v) is 8.45. The minimum atomic E-state index is -3.96. The van der Waals surface area contributed by atoms with E-state index in [1.165, 1.54) is 6.07 Å². The van der Waals surface area contributed by atoms with E-state index in [4.69, 9.17) is 9.84 Å². The van der Waals surface area contributed by atoms with Gasteiger partial charge in [-0.05, 0) is 75.4 Å². The number of aliphatic hydroxyl groups is 2. The number of ether oxygens (including phenoxy) is 1. The zero-order valence-electron chi connectivity index (χ0n) is 21.2. The number of aliphatic hydroxyl groups excluding tert-OH is 2. The summed E-state index contributed by atoms with van der Waals surface area (Å²) < 4.78 is 51.1. The summed E-state index contributed by atoms with van der Waals surface area (Å²) in [5.41, 5.74) is 1.01. The summed E-state index contributed by atoms with van der Waals surface area (Å²) in [5, 5.41) is 17.5. The Morgan fingerprint density at radius 2 is 1.78 bits per heavy atom. The van der Waals surface area contributed by atoms with Gasteiger partial charge in [-0.2, -0.15) is 0 Å². The maximum Gasteiger partial charge on any atom is 0.267 e. The molecule has 0 radical (unpaired) electrons. The summed E-state index contributed by atoms with van der Waals surface area (Å²) in [5.74, 6) is -0.845. The molecule has 0 amide bonds. The first-order valence-corrected chi connectivity index (χ1v) is 13.8. The number of benzene rings is 2. The van der Waals surface area contributed by atoms with Crippen LogP contribution in [-0.2, 0) is 21.2 Å². The van der Waals surface area contributed by atoms with Crippen LogP contribution in [0.1, 0.15) is 61.0 Å². The van der Waals surface area contributed by atoms with Gasteiger partial charge in [0, 0.05) is 19.6 Å². The second-order valence-electron chi connectivity index (χ2n) is 9.89. The quantitative estimate of drug-likeness (QED) is 0.442. The molecule has 1 aliphatic rings. The molecule has 1 heterocycles. The highest BCUT2D eigenvalue weighted by Crippen LogP contribution is 2.42. The standard InChI is InChI=1S/C27H37FN2O5S/c1-27(2)26(21-12-10-20(11-13-21)7-6-15-30(3)16-18-32)36(33,34)29-25(35-27)19-22(14-17-31)23-8-4-5-9-24(23)28/h4-5,8-13,22,26,31-32H,6-7,14-19H2,1-3H3/t22-,26?/m1/s1. The predicted octanol–water partition coefficient (Wildman–Crippen LogP) is 3.82. The van der Waals surface area contributed by atoms with Crippen molar-refractivity contribution < 1.29 is 27.8 Å². The van der Waals surface area contributed by atoms with Crippen molar-refractivity contribution in [2.24, 2.45) is 4.40 Å². The fraction of sp³-hybridized carbons (Fsp3) is 0.519. The summed E-state index contributed by atoms with van der Waals surface area (Å²) in [6, 6.07) is 13.8. The molecule has 0 fully saturated rings. The molecule has 0 saturated carbocycles. The molecule has 0 aliphatic carbocycles. The van der Waals surface area contributed by atoms with Gasteiger partial charge in [-0.25, -0.2) is 12.8 Å². The van der Waals surface area contributed by atoms with Crippen LogP contribution in [0.15, 0.2) is 52.9 Å². The lowest BCUT2D eigenvalue weighted by Gasteiger charge is -2.38. The van der Waals surface area contributed by atoms with Crippen molar-refractivity contribution in [1.29, 1.82) is 0 Å². The average molecular weight is 521 g/mol. The van der Waals surface area contributed by atoms with Gasteiger partial charge < -0.3 is 19.8 Å². The fourth-order valence-corrected chi connectivity index (χ4v) is 6.58. The third kappa shape index (κ3) is 7.12. The highest BCUT2D eigenvalue weighted by Gasteiger charge is 2.47. The second-order valence-corrected chi connectivity index (χ2v) is 11.6. The lowest BCUT2D eigenvalue weighted by Crippen LogP contribution is -2.43. The Morgan fingerprint density at radius 1 is 1.08 bits per heavy atom. The van der Waals surface area contributed by atoms with Crippen LogP contribution in [0.2, 0.25) is 0 Å². The van der Waals surface area contributed by atoms with E-state index in [-0.39, 0.29) is 32.0 Å². The second kappa shape index (κ2) is 12.3. The van der Waals surface area contributed by atoms with Crippen molar-refractivity contribution in [2.45, 2.75) is 56.3 Å². The number of hydrogen-bond donors (Lipinski definition) is 2. The van der Waals surface area contributed by atoms with Crippen LogP contribution in [0, 0.1) is 5.82 Å². The molecule has 198 valence electrons. The number of aryl methyl sites for hydroxylation is 1. The van der Waals surface area contributed by atoms with Crippen molar-refractivity contribution >= 4 is 15.9 Å². The largest absolute Gasteiger partial charge is 0.472 e. The van der Waals surface area contributed by atoms with Gasteiger partial charge in [0.25, 0.3) is 10.0 Å². The number of sulfonamides is 1. The van der Waals surface area contributed by atoms with Crippen LogP contribution in [0.25, 0.3) is 0 Å². The summed E-state index contributed by atoms with van der Waals surface area (Å²) >= 11 is 0. The summed E-state index contributed by atoms with van der Waals surface area (Å²) in [4.78, 5) is 2.07. The summed E-state index contributed by atoms with van der Waals surface area (Å²) in [7, 11) is -1.99. The van der Waals surface area contributed by atoms with E-state index in [1.807, 2.05) is 31.3 Å². The molecular weight excluding hydrogens is 483 g/mol. The van der Waals surface area contributed by atoms with Crippen LogP contribution in [0.4, 0.5) is 4.39 Å². The van der Waals surface area contributed by atoms with E-state index in [9.17, 15) is 17.9 Å². The Kier molecular flexibility index (Phi) is 9.63. The van der Waals surface area contributed by atoms with Gasteiger partial charge in [-0.15, -0.1) is 4.40 Å². The first-order chi connectivity index (χ1) is 17.1. The van der Waals surface area contributed by atoms with Crippen LogP contribution in [0.3, 0.4) is 0 Å². The molecule has 2 atom stereocenters. The molecule has 0 spiro atoms. The Bertz CT molecular complexity index is 1140. The number of nitrogens with zero attached hydrogens (tertiary/aromatic N) is 2. The molecule has 1 unspecified atom stereocenters. The minimum Gasteiger partial charge on any atom is -0.472 e. The van der Waals surface area contributed by atoms with E-state index in [2.05, 4.69) is 9.30 Å². The predicted molar refractivity (Wildman–Crippen MR) is 139 cm³/mol. The zero-order chi connectivity index (χ0) is 26.3. The van der Waals surface area contributed by atoms with E-state index in [0.29, 0.717) is 17.7 Å². The van der Waals surface area contributed by atoms with Crippen LogP contribution in [0.5, 0.6) is 0 Å². The molecule has 0 saturated heterocycles. The number of halogens is 1. The topological polar surface area (TPSA) is 99.4 Å². The Morgan fingerprint density at radius 3 is 2.39 bits per heavy atom. The number of hydrogen-bond acceptors (Lipinski definition) is 6. The van der Waals surface area contributed by atoms with Gasteiger partial charge in [0.05, 0.1) is 6.61 Å². The average Bonchev–Trinajstić information content (AvgIpc) is 2.79. The normalized spacial score (nSPS) is 19.5. The van der Waals surface area contributed by atoms with Gasteiger partial charge in [-0.3, -0.25) is 0 Å². The molecule has 2 N–H and O–H groups in total. The van der Waals surface area contributed by atoms with Gasteiger partial charge in [0.2, 0.25) is 5.90 Å². The molecule has 36 heavy (non-hydrogen) atoms. The lowest BCUT2D eigenvalue weighted by atomic mass is 9.91. The molecule has 9 heteroatoms. The summed E-state index contributed by atoms with van der Waals surface area (Å²) in [6.07, 6.45) is 2.10. The maximum absolute atomic E-state index is 14.4. The van der Waals surface area contributed by atoms with Crippen molar-refractivity contribution in [3.63, 3.8) is 0 Å². The Labute approximate surface area is 213 Å². The van der Waals surface area contributed by atoms with Crippen LogP contribution >= 0.6 is 0 Å². The fourth-order valence-electron chi connectivity index (χ4n) is 4.82. The van der Waals surface area contributed by atoms with E-state index in [1.54, 1.807) is 32.0 Å². The highest BCUT2D eigenvalue weighted by atomic mass is 32.2. The molecule has 3 rings (SSSR count). The van der Waals surface area contributed by atoms with Gasteiger partial charge in [-0.1, -0.05) is 42.5 Å². The first kappa shape index (κ1) is 28.2. The number of likely N-dealkylation sites (N-methyl/N-ethyl adjacent to an activating group) is 1. The smallest absolute Gasteiger partial charge is 0.267 e. The van der Waals surface area contributed by atoms with Crippen LogP contribution in [-0.4, -0.2) is 68.4 Å². The van der Waals surface area contributed by atoms with Crippen molar-refractivity contribution in [2.75, 3.05) is 33.4 Å². The molecule has 7 nitrogen and oxygen atoms in total. The molecule has 2 aromatic rings. The Hall–Kier alpha value is -2.33. The SMILES string of the molecule is CN(CCO)CCCc1ccc(C2C(C)(C)OC(C[C@@H](CCO)c3ccccc3F)=NS2(=O)=O)cc1. The van der Waals surface area contributed by atoms with Crippen molar-refractivity contribution in [3.05, 3.63) is 71.0 Å². The number of rotatable bonds is 12. The van der Waals surface area contributed by atoms with Gasteiger partial charge >= 0.3 is 0 Å². The van der Waals surface area contributed by atoms with E-state index >= 15 is 0 Å². The monoisotopic (exact) mass is 520 g/mol. The molecule has 1 aliphatic heterocycles. The zero-order valence-corrected chi connectivity index (χ0v) is 22.0. The van der Waals surface area contributed by atoms with Crippen molar-refractivity contribution in [3.8, 4) is 0 Å². The highest BCUT2D eigenvalue weighted by molar-refractivity contribution is 7.90. The van der Waals surface area contributed by atoms with Gasteiger partial charge in [0.15, 0.2) is 0 Å². The molecule has 0 aromatic heterocycles. The van der Waals surface area contributed by atoms with Crippen molar-refractivity contribution in [1.82, 2.24) is 4.90 Å². The lowest BCUT2D eigenvalue weighted by molar-refractivity contribution is 0.0797. The maximum atomic E-state index is 14.4. The molecule has 2 aromatic carbocycles.